The van der Waals surface area contributed by atoms with Gasteiger partial charge in [0.15, 0.2) is 6.61 Å². The van der Waals surface area contributed by atoms with Crippen LogP contribution in [0.3, 0.4) is 0 Å². The van der Waals surface area contributed by atoms with E-state index in [1.54, 1.807) is 31.2 Å². The zero-order valence-corrected chi connectivity index (χ0v) is 13.0. The number of hydrogen-bond acceptors (Lipinski definition) is 4. The summed E-state index contributed by atoms with van der Waals surface area (Å²) in [6, 6.07) is 6.62. The van der Waals surface area contributed by atoms with Crippen LogP contribution in [0.2, 0.25) is 0 Å². The number of esters is 1. The minimum atomic E-state index is -0.368. The number of carbonyl (C=O) groups is 2. The summed E-state index contributed by atoms with van der Waals surface area (Å²) < 4.78 is 10.3. The molecule has 116 valence electrons. The molecular weight excluding hydrogens is 270 g/mol. The van der Waals surface area contributed by atoms with Crippen LogP contribution in [-0.4, -0.2) is 31.1 Å². The maximum Gasteiger partial charge on any atom is 0.338 e. The van der Waals surface area contributed by atoms with E-state index in [1.807, 2.05) is 20.8 Å². The van der Waals surface area contributed by atoms with Gasteiger partial charge in [-0.3, -0.25) is 4.79 Å². The van der Waals surface area contributed by atoms with Crippen molar-refractivity contribution in [3.8, 4) is 5.75 Å². The fourth-order valence-corrected chi connectivity index (χ4v) is 1.51. The van der Waals surface area contributed by atoms with Crippen molar-refractivity contribution in [1.29, 1.82) is 0 Å². The van der Waals surface area contributed by atoms with Crippen LogP contribution in [0.4, 0.5) is 0 Å². The van der Waals surface area contributed by atoms with Crippen molar-refractivity contribution in [2.75, 3.05) is 13.2 Å². The zero-order chi connectivity index (χ0) is 15.8. The number of nitrogens with one attached hydrogen (secondary N) is 1. The third kappa shape index (κ3) is 5.85. The van der Waals surface area contributed by atoms with Crippen molar-refractivity contribution in [3.05, 3.63) is 29.8 Å². The molecule has 0 fully saturated rings. The predicted octanol–water partition coefficient (Wildman–Crippen LogP) is 2.40. The molecule has 0 saturated carbocycles. The van der Waals surface area contributed by atoms with Gasteiger partial charge in [0.2, 0.25) is 0 Å². The van der Waals surface area contributed by atoms with Gasteiger partial charge in [0.25, 0.3) is 5.91 Å². The molecule has 0 heterocycles. The quantitative estimate of drug-likeness (QED) is 0.784. The molecule has 1 rings (SSSR count). The molecule has 0 bridgehead atoms. The lowest BCUT2D eigenvalue weighted by atomic mass is 10.1. The van der Waals surface area contributed by atoms with E-state index in [9.17, 15) is 9.59 Å². The molecule has 1 aromatic rings. The number of benzene rings is 1. The third-order valence-corrected chi connectivity index (χ3v) is 3.12. The number of amides is 1. The molecule has 0 aliphatic carbocycles. The molecular formula is C16H23NO4. The van der Waals surface area contributed by atoms with E-state index in [1.165, 1.54) is 0 Å². The van der Waals surface area contributed by atoms with E-state index >= 15 is 0 Å². The molecule has 1 amide bonds. The van der Waals surface area contributed by atoms with E-state index in [2.05, 4.69) is 5.32 Å². The molecule has 5 nitrogen and oxygen atoms in total. The van der Waals surface area contributed by atoms with Crippen LogP contribution in [0.25, 0.3) is 0 Å². The molecule has 0 aromatic heterocycles. The van der Waals surface area contributed by atoms with Gasteiger partial charge >= 0.3 is 5.97 Å². The Morgan fingerprint density at radius 1 is 1.14 bits per heavy atom. The standard InChI is InChI=1S/C16H23NO4/c1-5-20-16(19)13-6-8-14(9-7-13)21-10-15(18)17-12(4)11(2)3/h6-9,11-12H,5,10H2,1-4H3,(H,17,18)/t12-/m0/s1. The molecule has 1 aromatic carbocycles. The Labute approximate surface area is 125 Å². The largest absolute Gasteiger partial charge is 0.484 e. The summed E-state index contributed by atoms with van der Waals surface area (Å²) >= 11 is 0. The molecule has 0 aliphatic rings. The van der Waals surface area contributed by atoms with Crippen molar-refractivity contribution >= 4 is 11.9 Å². The smallest absolute Gasteiger partial charge is 0.338 e. The Hall–Kier alpha value is -2.04. The maximum absolute atomic E-state index is 11.7. The van der Waals surface area contributed by atoms with E-state index < -0.39 is 0 Å². The molecule has 1 N–H and O–H groups in total. The first-order valence-electron chi connectivity index (χ1n) is 7.13. The third-order valence-electron chi connectivity index (χ3n) is 3.12. The van der Waals surface area contributed by atoms with E-state index in [0.717, 1.165) is 0 Å². The first-order valence-corrected chi connectivity index (χ1v) is 7.13. The van der Waals surface area contributed by atoms with Gasteiger partial charge in [-0.25, -0.2) is 4.79 Å². The second kappa shape index (κ2) is 8.29. The Morgan fingerprint density at radius 2 is 1.76 bits per heavy atom. The SMILES string of the molecule is CCOC(=O)c1ccc(OCC(=O)N[C@@H](C)C(C)C)cc1. The summed E-state index contributed by atoms with van der Waals surface area (Å²) in [5, 5.41) is 2.86. The van der Waals surface area contributed by atoms with Gasteiger partial charge in [-0.05, 0) is 44.0 Å². The van der Waals surface area contributed by atoms with Gasteiger partial charge in [-0.15, -0.1) is 0 Å². The second-order valence-corrected chi connectivity index (χ2v) is 5.13. The minimum absolute atomic E-state index is 0.0458. The van der Waals surface area contributed by atoms with Gasteiger partial charge in [-0.1, -0.05) is 13.8 Å². The molecule has 0 radical (unpaired) electrons. The summed E-state index contributed by atoms with van der Waals surface area (Å²) in [6.45, 7) is 8.09. The minimum Gasteiger partial charge on any atom is -0.484 e. The molecule has 1 atom stereocenters. The summed E-state index contributed by atoms with van der Waals surface area (Å²) in [5.41, 5.74) is 0.460. The van der Waals surface area contributed by atoms with Crippen molar-refractivity contribution < 1.29 is 19.1 Å². The number of ether oxygens (including phenoxy) is 2. The average Bonchev–Trinajstić information content (AvgIpc) is 2.45. The number of hydrogen-bond donors (Lipinski definition) is 1. The highest BCUT2D eigenvalue weighted by Gasteiger charge is 2.11. The molecule has 0 unspecified atom stereocenters. The summed E-state index contributed by atoms with van der Waals surface area (Å²) in [7, 11) is 0. The normalized spacial score (nSPS) is 11.9. The highest BCUT2D eigenvalue weighted by molar-refractivity contribution is 5.89. The first kappa shape index (κ1) is 17.0. The summed E-state index contributed by atoms with van der Waals surface area (Å²) in [6.07, 6.45) is 0. The van der Waals surface area contributed by atoms with Crippen molar-refractivity contribution in [1.82, 2.24) is 5.32 Å². The van der Waals surface area contributed by atoms with E-state index in [4.69, 9.17) is 9.47 Å². The van der Waals surface area contributed by atoms with Crippen LogP contribution in [0.15, 0.2) is 24.3 Å². The summed E-state index contributed by atoms with van der Waals surface area (Å²) in [5.74, 6) is 0.381. The second-order valence-electron chi connectivity index (χ2n) is 5.13. The molecule has 5 heteroatoms. The predicted molar refractivity (Wildman–Crippen MR) is 80.3 cm³/mol. The van der Waals surface area contributed by atoms with Crippen LogP contribution >= 0.6 is 0 Å². The monoisotopic (exact) mass is 293 g/mol. The number of carbonyl (C=O) groups excluding carboxylic acids is 2. The van der Waals surface area contributed by atoms with Crippen LogP contribution in [0.5, 0.6) is 5.75 Å². The lowest BCUT2D eigenvalue weighted by molar-refractivity contribution is -0.124. The van der Waals surface area contributed by atoms with Crippen LogP contribution in [0.1, 0.15) is 38.1 Å². The topological polar surface area (TPSA) is 64.6 Å². The van der Waals surface area contributed by atoms with Gasteiger partial charge < -0.3 is 14.8 Å². The fourth-order valence-electron chi connectivity index (χ4n) is 1.51. The first-order chi connectivity index (χ1) is 9.93. The van der Waals surface area contributed by atoms with Crippen LogP contribution in [-0.2, 0) is 9.53 Å². The highest BCUT2D eigenvalue weighted by atomic mass is 16.5. The average molecular weight is 293 g/mol. The van der Waals surface area contributed by atoms with Gasteiger partial charge in [0.05, 0.1) is 12.2 Å². The van der Waals surface area contributed by atoms with Crippen molar-refractivity contribution in [3.63, 3.8) is 0 Å². The highest BCUT2D eigenvalue weighted by Crippen LogP contribution is 2.13. The molecule has 0 aliphatic heterocycles. The Balaban J connectivity index is 2.46. The summed E-state index contributed by atoms with van der Waals surface area (Å²) in [4.78, 5) is 23.2. The van der Waals surface area contributed by atoms with Gasteiger partial charge in [0.1, 0.15) is 5.75 Å². The Kier molecular flexibility index (Phi) is 6.72. The van der Waals surface area contributed by atoms with Crippen molar-refractivity contribution in [2.24, 2.45) is 5.92 Å². The number of rotatable bonds is 7. The van der Waals surface area contributed by atoms with Gasteiger partial charge in [-0.2, -0.15) is 0 Å². The van der Waals surface area contributed by atoms with Crippen molar-refractivity contribution in [2.45, 2.75) is 33.7 Å². The Bertz CT molecular complexity index is 468. The van der Waals surface area contributed by atoms with E-state index in [-0.39, 0.29) is 24.5 Å². The molecule has 0 spiro atoms. The Morgan fingerprint density at radius 3 is 2.29 bits per heavy atom. The van der Waals surface area contributed by atoms with E-state index in [0.29, 0.717) is 23.8 Å². The van der Waals surface area contributed by atoms with Crippen LogP contribution in [0, 0.1) is 5.92 Å². The molecule has 21 heavy (non-hydrogen) atoms. The van der Waals surface area contributed by atoms with Gasteiger partial charge in [0, 0.05) is 6.04 Å². The lowest BCUT2D eigenvalue weighted by Gasteiger charge is -2.17. The van der Waals surface area contributed by atoms with Crippen LogP contribution < -0.4 is 10.1 Å². The molecule has 0 saturated heterocycles. The fraction of sp³-hybridized carbons (Fsp3) is 0.500. The lowest BCUT2D eigenvalue weighted by Crippen LogP contribution is -2.38. The zero-order valence-electron chi connectivity index (χ0n) is 13.0. The maximum atomic E-state index is 11.7.